The summed E-state index contributed by atoms with van der Waals surface area (Å²) in [6, 6.07) is 0.633. The standard InChI is InChI=1S/C24H40N2O4/c1-2-29-24-20(7-6-16-27)21(18-8-9-18)17-22(30-24)23(28)26-14-10-19(11-15-26)25-12-4-3-5-13-25/h17-21,24,27H,2-16H2,1H3/t20-,21-,24-/m1/s1. The number of rotatable bonds is 8. The maximum atomic E-state index is 13.3. The maximum absolute atomic E-state index is 13.3. The maximum Gasteiger partial charge on any atom is 0.288 e. The number of piperidine rings is 2. The first-order valence-corrected chi connectivity index (χ1v) is 12.4. The van der Waals surface area contributed by atoms with E-state index >= 15 is 0 Å². The van der Waals surface area contributed by atoms with Gasteiger partial charge in [-0.1, -0.05) is 6.42 Å². The molecule has 0 spiro atoms. The molecule has 3 atom stereocenters. The Hall–Kier alpha value is -1.11. The van der Waals surface area contributed by atoms with Gasteiger partial charge in [-0.15, -0.1) is 0 Å². The lowest BCUT2D eigenvalue weighted by atomic mass is 9.82. The minimum absolute atomic E-state index is 0.0445. The van der Waals surface area contributed by atoms with Crippen LogP contribution in [0.1, 0.15) is 64.7 Å². The summed E-state index contributed by atoms with van der Waals surface area (Å²) >= 11 is 0. The molecule has 30 heavy (non-hydrogen) atoms. The molecule has 3 heterocycles. The molecule has 1 aliphatic carbocycles. The van der Waals surface area contributed by atoms with Crippen molar-refractivity contribution in [1.29, 1.82) is 0 Å². The number of allylic oxidation sites excluding steroid dienone is 1. The van der Waals surface area contributed by atoms with E-state index in [2.05, 4.69) is 11.0 Å². The van der Waals surface area contributed by atoms with E-state index in [-0.39, 0.29) is 24.7 Å². The van der Waals surface area contributed by atoms with Crippen molar-refractivity contribution in [2.45, 2.75) is 77.0 Å². The van der Waals surface area contributed by atoms with Crippen molar-refractivity contribution in [2.24, 2.45) is 17.8 Å². The monoisotopic (exact) mass is 420 g/mol. The molecule has 2 saturated heterocycles. The summed E-state index contributed by atoms with van der Waals surface area (Å²) in [5.41, 5.74) is 0. The molecule has 6 nitrogen and oxygen atoms in total. The lowest BCUT2D eigenvalue weighted by Crippen LogP contribution is -2.49. The molecular formula is C24H40N2O4. The van der Waals surface area contributed by atoms with E-state index in [1.54, 1.807) is 0 Å². The van der Waals surface area contributed by atoms with Gasteiger partial charge in [0.25, 0.3) is 5.91 Å². The third-order valence-electron chi connectivity index (χ3n) is 7.49. The molecule has 0 aromatic carbocycles. The van der Waals surface area contributed by atoms with Gasteiger partial charge in [0.05, 0.1) is 0 Å². The lowest BCUT2D eigenvalue weighted by Gasteiger charge is -2.41. The van der Waals surface area contributed by atoms with Crippen LogP contribution in [0.4, 0.5) is 0 Å². The predicted octanol–water partition coefficient (Wildman–Crippen LogP) is 3.15. The molecule has 6 heteroatoms. The highest BCUT2D eigenvalue weighted by Crippen LogP contribution is 2.47. The minimum atomic E-state index is -0.373. The highest BCUT2D eigenvalue weighted by atomic mass is 16.7. The number of amides is 1. The highest BCUT2D eigenvalue weighted by Gasteiger charge is 2.44. The zero-order valence-electron chi connectivity index (χ0n) is 18.6. The molecule has 0 aromatic heterocycles. The van der Waals surface area contributed by atoms with Gasteiger partial charge in [-0.25, -0.2) is 0 Å². The van der Waals surface area contributed by atoms with Crippen molar-refractivity contribution in [1.82, 2.24) is 9.80 Å². The van der Waals surface area contributed by atoms with E-state index in [4.69, 9.17) is 9.47 Å². The number of carbonyl (C=O) groups is 1. The predicted molar refractivity (Wildman–Crippen MR) is 116 cm³/mol. The van der Waals surface area contributed by atoms with Crippen LogP contribution in [0.2, 0.25) is 0 Å². The fourth-order valence-corrected chi connectivity index (χ4v) is 5.67. The molecule has 170 valence electrons. The number of ether oxygens (including phenoxy) is 2. The van der Waals surface area contributed by atoms with Gasteiger partial charge in [-0.2, -0.15) is 0 Å². The van der Waals surface area contributed by atoms with Crippen LogP contribution in [0, 0.1) is 17.8 Å². The van der Waals surface area contributed by atoms with Gasteiger partial charge in [0, 0.05) is 38.3 Å². The van der Waals surface area contributed by atoms with Crippen LogP contribution in [-0.2, 0) is 14.3 Å². The van der Waals surface area contributed by atoms with Crippen molar-refractivity contribution in [3.8, 4) is 0 Å². The molecular weight excluding hydrogens is 380 g/mol. The van der Waals surface area contributed by atoms with Crippen LogP contribution in [-0.4, -0.2) is 72.5 Å². The Morgan fingerprint density at radius 1 is 1.13 bits per heavy atom. The Bertz CT molecular complexity index is 592. The van der Waals surface area contributed by atoms with Crippen LogP contribution in [0.15, 0.2) is 11.8 Å². The zero-order valence-corrected chi connectivity index (χ0v) is 18.6. The molecule has 4 rings (SSSR count). The average Bonchev–Trinajstić information content (AvgIpc) is 3.64. The van der Waals surface area contributed by atoms with E-state index in [9.17, 15) is 9.90 Å². The number of aliphatic hydroxyl groups excluding tert-OH is 1. The molecule has 3 fully saturated rings. The first kappa shape index (κ1) is 22.1. The van der Waals surface area contributed by atoms with Crippen molar-refractivity contribution in [3.63, 3.8) is 0 Å². The van der Waals surface area contributed by atoms with Crippen molar-refractivity contribution >= 4 is 5.91 Å². The molecule has 0 aromatic rings. The molecule has 0 unspecified atom stereocenters. The molecule has 0 bridgehead atoms. The smallest absolute Gasteiger partial charge is 0.288 e. The number of carbonyl (C=O) groups excluding carboxylic acids is 1. The quantitative estimate of drug-likeness (QED) is 0.654. The van der Waals surface area contributed by atoms with Crippen LogP contribution >= 0.6 is 0 Å². The second kappa shape index (κ2) is 10.5. The summed E-state index contributed by atoms with van der Waals surface area (Å²) in [7, 11) is 0. The summed E-state index contributed by atoms with van der Waals surface area (Å²) in [6.45, 7) is 6.82. The highest BCUT2D eigenvalue weighted by molar-refractivity contribution is 5.91. The van der Waals surface area contributed by atoms with Gasteiger partial charge < -0.3 is 24.4 Å². The Balaban J connectivity index is 1.40. The Labute approximate surface area is 181 Å². The SMILES string of the molecule is CCO[C@@H]1OC(C(=O)N2CCC(N3CCCCC3)CC2)=C[C@H](C2CC2)[C@H]1CCCO. The van der Waals surface area contributed by atoms with Gasteiger partial charge in [0.1, 0.15) is 0 Å². The fourth-order valence-electron chi connectivity index (χ4n) is 5.67. The molecule has 3 aliphatic heterocycles. The van der Waals surface area contributed by atoms with Crippen molar-refractivity contribution in [2.75, 3.05) is 39.4 Å². The topological polar surface area (TPSA) is 62.2 Å². The van der Waals surface area contributed by atoms with Crippen molar-refractivity contribution in [3.05, 3.63) is 11.8 Å². The van der Waals surface area contributed by atoms with E-state index < -0.39 is 0 Å². The van der Waals surface area contributed by atoms with Crippen LogP contribution < -0.4 is 0 Å². The fraction of sp³-hybridized carbons (Fsp3) is 0.875. The average molecular weight is 421 g/mol. The molecule has 4 aliphatic rings. The number of aliphatic hydroxyl groups is 1. The first-order valence-electron chi connectivity index (χ1n) is 12.4. The summed E-state index contributed by atoms with van der Waals surface area (Å²) in [5.74, 6) is 1.73. The molecule has 1 saturated carbocycles. The van der Waals surface area contributed by atoms with Gasteiger partial charge in [0.15, 0.2) is 5.76 Å². The van der Waals surface area contributed by atoms with Crippen molar-refractivity contribution < 1.29 is 19.4 Å². The van der Waals surface area contributed by atoms with Crippen LogP contribution in [0.5, 0.6) is 0 Å². The number of likely N-dealkylation sites (tertiary alicyclic amines) is 2. The van der Waals surface area contributed by atoms with Gasteiger partial charge >= 0.3 is 0 Å². The minimum Gasteiger partial charge on any atom is -0.459 e. The zero-order chi connectivity index (χ0) is 20.9. The first-order chi connectivity index (χ1) is 14.7. The van der Waals surface area contributed by atoms with Gasteiger partial charge in [0.2, 0.25) is 6.29 Å². The Morgan fingerprint density at radius 2 is 1.87 bits per heavy atom. The normalized spacial score (nSPS) is 31.3. The van der Waals surface area contributed by atoms with E-state index in [1.807, 2.05) is 11.8 Å². The van der Waals surface area contributed by atoms with Gasteiger partial charge in [-0.3, -0.25) is 4.79 Å². The Morgan fingerprint density at radius 3 is 2.50 bits per heavy atom. The summed E-state index contributed by atoms with van der Waals surface area (Å²) in [5, 5.41) is 9.32. The second-order valence-electron chi connectivity index (χ2n) is 9.54. The molecule has 1 N–H and O–H groups in total. The van der Waals surface area contributed by atoms with Crippen LogP contribution in [0.3, 0.4) is 0 Å². The van der Waals surface area contributed by atoms with E-state index in [0.717, 1.165) is 38.8 Å². The van der Waals surface area contributed by atoms with E-state index in [0.29, 0.717) is 30.2 Å². The number of hydrogen-bond acceptors (Lipinski definition) is 5. The number of nitrogens with zero attached hydrogens (tertiary/aromatic N) is 2. The third-order valence-corrected chi connectivity index (χ3v) is 7.49. The summed E-state index contributed by atoms with van der Waals surface area (Å²) < 4.78 is 12.1. The van der Waals surface area contributed by atoms with E-state index in [1.165, 1.54) is 45.2 Å². The largest absolute Gasteiger partial charge is 0.459 e. The summed E-state index contributed by atoms with van der Waals surface area (Å²) in [6.07, 6.45) is 11.9. The lowest BCUT2D eigenvalue weighted by molar-refractivity contribution is -0.177. The van der Waals surface area contributed by atoms with Gasteiger partial charge in [-0.05, 0) is 89.3 Å². The van der Waals surface area contributed by atoms with Crippen LogP contribution in [0.25, 0.3) is 0 Å². The molecule has 0 radical (unpaired) electrons. The number of hydrogen-bond donors (Lipinski definition) is 1. The summed E-state index contributed by atoms with van der Waals surface area (Å²) in [4.78, 5) is 18.0. The second-order valence-corrected chi connectivity index (χ2v) is 9.54. The molecule has 1 amide bonds. The third kappa shape index (κ3) is 5.20. The Kier molecular flexibility index (Phi) is 7.71.